The van der Waals surface area contributed by atoms with E-state index in [0.29, 0.717) is 11.4 Å². The molecule has 1 amide bonds. The lowest BCUT2D eigenvalue weighted by molar-refractivity contribution is -0.133. The molecule has 3 N–H and O–H groups in total. The number of sulfonamides is 1. The summed E-state index contributed by atoms with van der Waals surface area (Å²) in [5, 5.41) is 11.4. The van der Waals surface area contributed by atoms with Crippen molar-refractivity contribution in [2.24, 2.45) is 5.41 Å². The number of hydrogen-bond donors (Lipinski definition) is 3. The van der Waals surface area contributed by atoms with Crippen LogP contribution < -0.4 is 10.0 Å². The van der Waals surface area contributed by atoms with Crippen molar-refractivity contribution in [3.05, 3.63) is 29.8 Å². The number of aliphatic carboxylic acids is 1. The van der Waals surface area contributed by atoms with Crippen LogP contribution in [0.5, 0.6) is 0 Å². The van der Waals surface area contributed by atoms with Gasteiger partial charge in [0.05, 0.1) is 12.0 Å². The van der Waals surface area contributed by atoms with E-state index in [4.69, 9.17) is 5.11 Å². The number of carboxylic acid groups (broad SMARTS) is 1. The smallest absolute Gasteiger partial charge is 0.313 e. The molecule has 0 bridgehead atoms. The van der Waals surface area contributed by atoms with Gasteiger partial charge in [-0.05, 0) is 23.1 Å². The Morgan fingerprint density at radius 1 is 1.28 bits per heavy atom. The lowest BCUT2D eigenvalue weighted by Crippen LogP contribution is -2.51. The van der Waals surface area contributed by atoms with Crippen LogP contribution >= 0.6 is 11.8 Å². The van der Waals surface area contributed by atoms with E-state index < -0.39 is 33.4 Å². The van der Waals surface area contributed by atoms with Crippen LogP contribution in [0.1, 0.15) is 26.3 Å². The topological polar surface area (TPSA) is 113 Å². The summed E-state index contributed by atoms with van der Waals surface area (Å²) in [6, 6.07) is 6.10. The molecule has 25 heavy (non-hydrogen) atoms. The van der Waals surface area contributed by atoms with Gasteiger partial charge in [0.15, 0.2) is 0 Å². The third kappa shape index (κ3) is 8.37. The molecule has 0 fully saturated rings. The minimum absolute atomic E-state index is 0.000957. The molecule has 1 unspecified atom stereocenters. The van der Waals surface area contributed by atoms with E-state index in [0.717, 1.165) is 11.8 Å². The minimum atomic E-state index is -3.54. The molecule has 1 rings (SSSR count). The van der Waals surface area contributed by atoms with Gasteiger partial charge in [-0.15, -0.1) is 11.8 Å². The minimum Gasteiger partial charge on any atom is -0.481 e. The molecule has 140 valence electrons. The molecular weight excluding hydrogens is 364 g/mol. The van der Waals surface area contributed by atoms with Gasteiger partial charge < -0.3 is 10.4 Å². The van der Waals surface area contributed by atoms with E-state index >= 15 is 0 Å². The number of hydrogen-bond acceptors (Lipinski definition) is 5. The van der Waals surface area contributed by atoms with Gasteiger partial charge in [-0.25, -0.2) is 13.1 Å². The van der Waals surface area contributed by atoms with Gasteiger partial charge in [0, 0.05) is 11.4 Å². The maximum absolute atomic E-state index is 12.5. The number of anilines is 1. The number of amides is 1. The highest BCUT2D eigenvalue weighted by Gasteiger charge is 2.33. The highest BCUT2D eigenvalue weighted by molar-refractivity contribution is 7.99. The summed E-state index contributed by atoms with van der Waals surface area (Å²) in [5.74, 6) is -0.830. The largest absolute Gasteiger partial charge is 0.481 e. The molecule has 0 aromatic heterocycles. The fourth-order valence-corrected chi connectivity index (χ4v) is 3.63. The number of carboxylic acids is 1. The van der Waals surface area contributed by atoms with E-state index in [1.54, 1.807) is 39.0 Å². The maximum atomic E-state index is 12.5. The second kappa shape index (κ2) is 8.68. The van der Waals surface area contributed by atoms with Crippen molar-refractivity contribution in [1.82, 2.24) is 4.72 Å². The SMILES string of the molecule is CC(C)(C)C(NS(C)(=O)=O)C(=O)Nc1cccc(CSCC(=O)O)c1. The quantitative estimate of drug-likeness (QED) is 0.627. The molecule has 0 aliphatic rings. The normalized spacial score (nSPS) is 13.3. The second-order valence-electron chi connectivity index (χ2n) is 6.77. The highest BCUT2D eigenvalue weighted by atomic mass is 32.2. The van der Waals surface area contributed by atoms with E-state index in [-0.39, 0.29) is 5.75 Å². The van der Waals surface area contributed by atoms with E-state index in [1.807, 2.05) is 6.07 Å². The van der Waals surface area contributed by atoms with Crippen LogP contribution in [0.3, 0.4) is 0 Å². The molecule has 0 saturated heterocycles. The van der Waals surface area contributed by atoms with E-state index in [9.17, 15) is 18.0 Å². The molecule has 0 aliphatic carbocycles. The first-order valence-corrected chi connectivity index (χ1v) is 10.6. The Hall–Kier alpha value is -1.58. The molecular formula is C16H24N2O5S2. The fourth-order valence-electron chi connectivity index (χ4n) is 2.05. The summed E-state index contributed by atoms with van der Waals surface area (Å²) in [7, 11) is -3.54. The first kappa shape index (κ1) is 21.5. The number of rotatable bonds is 8. The van der Waals surface area contributed by atoms with Gasteiger partial charge >= 0.3 is 5.97 Å². The van der Waals surface area contributed by atoms with Crippen molar-refractivity contribution in [3.63, 3.8) is 0 Å². The van der Waals surface area contributed by atoms with Crippen LogP contribution in [-0.4, -0.2) is 43.5 Å². The van der Waals surface area contributed by atoms with Gasteiger partial charge in [-0.1, -0.05) is 32.9 Å². The number of carbonyl (C=O) groups is 2. The average Bonchev–Trinajstić information content (AvgIpc) is 2.42. The Morgan fingerprint density at radius 3 is 2.44 bits per heavy atom. The number of carbonyl (C=O) groups excluding carboxylic acids is 1. The average molecular weight is 389 g/mol. The summed E-state index contributed by atoms with van der Waals surface area (Å²) >= 11 is 1.26. The summed E-state index contributed by atoms with van der Waals surface area (Å²) in [4.78, 5) is 23.1. The van der Waals surface area contributed by atoms with Crippen molar-refractivity contribution in [1.29, 1.82) is 0 Å². The monoisotopic (exact) mass is 388 g/mol. The summed E-state index contributed by atoms with van der Waals surface area (Å²) in [6.07, 6.45) is 1.01. The first-order chi connectivity index (χ1) is 11.4. The Kier molecular flexibility index (Phi) is 7.45. The Labute approximate surface area is 152 Å². The Balaban J connectivity index is 2.84. The molecule has 9 heteroatoms. The summed E-state index contributed by atoms with van der Waals surface area (Å²) < 4.78 is 25.4. The van der Waals surface area contributed by atoms with Crippen molar-refractivity contribution in [2.75, 3.05) is 17.3 Å². The molecule has 1 aromatic carbocycles. The summed E-state index contributed by atoms with van der Waals surface area (Å²) in [6.45, 7) is 5.32. The lowest BCUT2D eigenvalue weighted by atomic mass is 9.87. The van der Waals surface area contributed by atoms with Crippen LogP contribution in [-0.2, 0) is 25.4 Å². The first-order valence-electron chi connectivity index (χ1n) is 7.55. The van der Waals surface area contributed by atoms with E-state index in [2.05, 4.69) is 10.0 Å². The van der Waals surface area contributed by atoms with Crippen molar-refractivity contribution in [2.45, 2.75) is 32.6 Å². The second-order valence-corrected chi connectivity index (χ2v) is 9.53. The van der Waals surface area contributed by atoms with Crippen molar-refractivity contribution < 1.29 is 23.1 Å². The van der Waals surface area contributed by atoms with Crippen LogP contribution in [0.4, 0.5) is 5.69 Å². The molecule has 0 aliphatic heterocycles. The summed E-state index contributed by atoms with van der Waals surface area (Å²) in [5.41, 5.74) is 0.790. The van der Waals surface area contributed by atoms with Crippen LogP contribution in [0.2, 0.25) is 0 Å². The van der Waals surface area contributed by atoms with Crippen molar-refractivity contribution in [3.8, 4) is 0 Å². The molecule has 0 spiro atoms. The molecule has 1 aromatic rings. The zero-order valence-corrected chi connectivity index (χ0v) is 16.3. The lowest BCUT2D eigenvalue weighted by Gasteiger charge is -2.29. The number of thioether (sulfide) groups is 1. The molecule has 1 atom stereocenters. The van der Waals surface area contributed by atoms with Crippen molar-refractivity contribution >= 4 is 39.3 Å². The van der Waals surface area contributed by atoms with Crippen LogP contribution in [0.25, 0.3) is 0 Å². The zero-order valence-electron chi connectivity index (χ0n) is 14.7. The maximum Gasteiger partial charge on any atom is 0.313 e. The molecule has 0 radical (unpaired) electrons. The van der Waals surface area contributed by atoms with Gasteiger partial charge in [0.2, 0.25) is 15.9 Å². The zero-order chi connectivity index (χ0) is 19.3. The number of benzene rings is 1. The Morgan fingerprint density at radius 2 is 1.92 bits per heavy atom. The fraction of sp³-hybridized carbons (Fsp3) is 0.500. The standard InChI is InChI=1S/C16H24N2O5S2/c1-16(2,3)14(18-25(4,22)23)15(21)17-12-7-5-6-11(8-12)9-24-10-13(19)20/h5-8,14,18H,9-10H2,1-4H3,(H,17,21)(H,19,20). The highest BCUT2D eigenvalue weighted by Crippen LogP contribution is 2.22. The van der Waals surface area contributed by atoms with Gasteiger partial charge in [0.25, 0.3) is 0 Å². The Bertz CT molecular complexity index is 726. The van der Waals surface area contributed by atoms with Crippen LogP contribution in [0, 0.1) is 5.41 Å². The third-order valence-electron chi connectivity index (χ3n) is 3.15. The predicted octanol–water partition coefficient (Wildman–Crippen LogP) is 1.91. The number of nitrogens with one attached hydrogen (secondary N) is 2. The van der Waals surface area contributed by atoms with Gasteiger partial charge in [-0.2, -0.15) is 0 Å². The van der Waals surface area contributed by atoms with Crippen LogP contribution in [0.15, 0.2) is 24.3 Å². The predicted molar refractivity (Wildman–Crippen MR) is 100 cm³/mol. The molecule has 7 nitrogen and oxygen atoms in total. The molecule has 0 saturated carbocycles. The molecule has 0 heterocycles. The third-order valence-corrected chi connectivity index (χ3v) is 4.80. The van der Waals surface area contributed by atoms with Gasteiger partial charge in [-0.3, -0.25) is 9.59 Å². The van der Waals surface area contributed by atoms with E-state index in [1.165, 1.54) is 11.8 Å². The van der Waals surface area contributed by atoms with Gasteiger partial charge in [0.1, 0.15) is 6.04 Å².